The lowest BCUT2D eigenvalue weighted by molar-refractivity contribution is 0.583. The summed E-state index contributed by atoms with van der Waals surface area (Å²) in [6, 6.07) is 13.5. The number of anilines is 1. The average molecular weight is 247 g/mol. The summed E-state index contributed by atoms with van der Waals surface area (Å²) in [4.78, 5) is 0. The van der Waals surface area contributed by atoms with E-state index in [9.17, 15) is 8.78 Å². The Morgan fingerprint density at radius 2 is 1.61 bits per heavy atom. The van der Waals surface area contributed by atoms with Gasteiger partial charge in [0.15, 0.2) is 0 Å². The fourth-order valence-corrected chi connectivity index (χ4v) is 1.94. The van der Waals surface area contributed by atoms with Crippen LogP contribution in [0.2, 0.25) is 0 Å². The lowest BCUT2D eigenvalue weighted by atomic mass is 10.1. The number of nitrogens with one attached hydrogen (secondary N) is 1. The van der Waals surface area contributed by atoms with Crippen molar-refractivity contribution >= 4 is 5.69 Å². The normalized spacial score (nSPS) is 12.2. The molecule has 1 atom stereocenters. The fraction of sp³-hybridized carbons (Fsp3) is 0.200. The van der Waals surface area contributed by atoms with Crippen LogP contribution in [0.1, 0.15) is 12.5 Å². The molecule has 18 heavy (non-hydrogen) atoms. The van der Waals surface area contributed by atoms with E-state index in [-0.39, 0.29) is 6.04 Å². The predicted molar refractivity (Wildman–Crippen MR) is 69.6 cm³/mol. The molecular formula is C15H15F2N. The van der Waals surface area contributed by atoms with E-state index in [2.05, 4.69) is 5.32 Å². The van der Waals surface area contributed by atoms with Gasteiger partial charge in [-0.2, -0.15) is 0 Å². The highest BCUT2D eigenvalue weighted by molar-refractivity contribution is 5.44. The molecule has 0 saturated heterocycles. The third-order valence-electron chi connectivity index (χ3n) is 2.66. The lowest BCUT2D eigenvalue weighted by Gasteiger charge is -2.15. The van der Waals surface area contributed by atoms with E-state index in [0.29, 0.717) is 5.69 Å². The quantitative estimate of drug-likeness (QED) is 0.860. The molecule has 0 aliphatic heterocycles. The van der Waals surface area contributed by atoms with Gasteiger partial charge in [-0.3, -0.25) is 0 Å². The second-order valence-corrected chi connectivity index (χ2v) is 4.39. The number of rotatable bonds is 4. The summed E-state index contributed by atoms with van der Waals surface area (Å²) in [5, 5.41) is 3.09. The van der Waals surface area contributed by atoms with Crippen molar-refractivity contribution in [1.82, 2.24) is 0 Å². The summed E-state index contributed by atoms with van der Waals surface area (Å²) in [7, 11) is 0. The standard InChI is InChI=1S/C15H15F2N/c1-11(7-12-5-3-2-4-6-12)18-15-9-13(16)8-14(17)10-15/h2-6,8-11,18H,7H2,1H3. The summed E-state index contributed by atoms with van der Waals surface area (Å²) in [5.41, 5.74) is 1.66. The van der Waals surface area contributed by atoms with Crippen molar-refractivity contribution in [3.63, 3.8) is 0 Å². The van der Waals surface area contributed by atoms with Gasteiger partial charge in [-0.25, -0.2) is 8.78 Å². The highest BCUT2D eigenvalue weighted by Gasteiger charge is 2.05. The van der Waals surface area contributed by atoms with Crippen LogP contribution in [-0.4, -0.2) is 6.04 Å². The third-order valence-corrected chi connectivity index (χ3v) is 2.66. The van der Waals surface area contributed by atoms with E-state index in [0.717, 1.165) is 12.5 Å². The van der Waals surface area contributed by atoms with Crippen molar-refractivity contribution in [2.75, 3.05) is 5.32 Å². The zero-order valence-electron chi connectivity index (χ0n) is 10.2. The summed E-state index contributed by atoms with van der Waals surface area (Å²) < 4.78 is 26.1. The van der Waals surface area contributed by atoms with E-state index < -0.39 is 11.6 Å². The molecule has 1 N–H and O–H groups in total. The van der Waals surface area contributed by atoms with Crippen LogP contribution in [-0.2, 0) is 6.42 Å². The smallest absolute Gasteiger partial charge is 0.128 e. The summed E-state index contributed by atoms with van der Waals surface area (Å²) in [6.45, 7) is 1.98. The first-order valence-corrected chi connectivity index (χ1v) is 5.90. The van der Waals surface area contributed by atoms with E-state index in [1.54, 1.807) is 0 Å². The Morgan fingerprint density at radius 1 is 1.00 bits per heavy atom. The maximum atomic E-state index is 13.0. The van der Waals surface area contributed by atoms with Crippen molar-refractivity contribution in [2.45, 2.75) is 19.4 Å². The fourth-order valence-electron chi connectivity index (χ4n) is 1.94. The van der Waals surface area contributed by atoms with Gasteiger partial charge in [0.2, 0.25) is 0 Å². The molecule has 0 amide bonds. The number of hydrogen-bond donors (Lipinski definition) is 1. The maximum absolute atomic E-state index is 13.0. The van der Waals surface area contributed by atoms with Gasteiger partial charge in [-0.05, 0) is 31.0 Å². The maximum Gasteiger partial charge on any atom is 0.128 e. The van der Waals surface area contributed by atoms with Crippen molar-refractivity contribution in [2.24, 2.45) is 0 Å². The number of hydrogen-bond acceptors (Lipinski definition) is 1. The van der Waals surface area contributed by atoms with E-state index >= 15 is 0 Å². The number of benzene rings is 2. The van der Waals surface area contributed by atoms with Crippen molar-refractivity contribution in [1.29, 1.82) is 0 Å². The highest BCUT2D eigenvalue weighted by atomic mass is 19.1. The highest BCUT2D eigenvalue weighted by Crippen LogP contribution is 2.15. The van der Waals surface area contributed by atoms with Gasteiger partial charge in [0.25, 0.3) is 0 Å². The molecule has 0 aliphatic rings. The monoisotopic (exact) mass is 247 g/mol. The van der Waals surface area contributed by atoms with Crippen LogP contribution in [0.25, 0.3) is 0 Å². The van der Waals surface area contributed by atoms with Crippen LogP contribution in [0.15, 0.2) is 48.5 Å². The molecule has 2 aromatic carbocycles. The Kier molecular flexibility index (Phi) is 3.92. The minimum Gasteiger partial charge on any atom is -0.382 e. The van der Waals surface area contributed by atoms with Gasteiger partial charge in [-0.15, -0.1) is 0 Å². The van der Waals surface area contributed by atoms with Crippen LogP contribution < -0.4 is 5.32 Å². The topological polar surface area (TPSA) is 12.0 Å². The Balaban J connectivity index is 2.01. The van der Waals surface area contributed by atoms with Gasteiger partial charge >= 0.3 is 0 Å². The lowest BCUT2D eigenvalue weighted by Crippen LogP contribution is -2.18. The summed E-state index contributed by atoms with van der Waals surface area (Å²) >= 11 is 0. The molecule has 2 aromatic rings. The minimum atomic E-state index is -0.565. The van der Waals surface area contributed by atoms with Gasteiger partial charge < -0.3 is 5.32 Å². The zero-order chi connectivity index (χ0) is 13.0. The molecule has 3 heteroatoms. The molecule has 0 spiro atoms. The summed E-state index contributed by atoms with van der Waals surface area (Å²) in [6.07, 6.45) is 0.805. The van der Waals surface area contributed by atoms with E-state index in [1.807, 2.05) is 37.3 Å². The van der Waals surface area contributed by atoms with Gasteiger partial charge in [-0.1, -0.05) is 30.3 Å². The van der Waals surface area contributed by atoms with Crippen LogP contribution >= 0.6 is 0 Å². The van der Waals surface area contributed by atoms with E-state index in [1.165, 1.54) is 17.7 Å². The molecule has 94 valence electrons. The molecule has 0 heterocycles. The Bertz CT molecular complexity index is 491. The second-order valence-electron chi connectivity index (χ2n) is 4.39. The molecule has 2 rings (SSSR count). The van der Waals surface area contributed by atoms with Gasteiger partial charge in [0.1, 0.15) is 11.6 Å². The van der Waals surface area contributed by atoms with Crippen LogP contribution in [0.5, 0.6) is 0 Å². The molecule has 0 saturated carbocycles. The molecule has 1 unspecified atom stereocenters. The molecule has 0 bridgehead atoms. The number of halogens is 2. The van der Waals surface area contributed by atoms with Gasteiger partial charge in [0, 0.05) is 17.8 Å². The first-order chi connectivity index (χ1) is 8.63. The van der Waals surface area contributed by atoms with Crippen LogP contribution in [0.3, 0.4) is 0 Å². The Labute approximate surface area is 105 Å². The average Bonchev–Trinajstić information content (AvgIpc) is 2.28. The second kappa shape index (κ2) is 5.63. The summed E-state index contributed by atoms with van der Waals surface area (Å²) in [5.74, 6) is -1.13. The molecule has 0 aromatic heterocycles. The largest absolute Gasteiger partial charge is 0.382 e. The zero-order valence-corrected chi connectivity index (χ0v) is 10.2. The molecule has 0 fully saturated rings. The minimum absolute atomic E-state index is 0.105. The molecule has 0 radical (unpaired) electrons. The first-order valence-electron chi connectivity index (χ1n) is 5.90. The van der Waals surface area contributed by atoms with Crippen LogP contribution in [0, 0.1) is 11.6 Å². The third kappa shape index (κ3) is 3.55. The van der Waals surface area contributed by atoms with E-state index in [4.69, 9.17) is 0 Å². The Morgan fingerprint density at radius 3 is 2.22 bits per heavy atom. The molecule has 1 nitrogen and oxygen atoms in total. The van der Waals surface area contributed by atoms with Crippen molar-refractivity contribution < 1.29 is 8.78 Å². The van der Waals surface area contributed by atoms with Crippen molar-refractivity contribution in [3.8, 4) is 0 Å². The molecule has 0 aliphatic carbocycles. The molecular weight excluding hydrogens is 232 g/mol. The van der Waals surface area contributed by atoms with Crippen LogP contribution in [0.4, 0.5) is 14.5 Å². The first kappa shape index (κ1) is 12.6. The van der Waals surface area contributed by atoms with Gasteiger partial charge in [0.05, 0.1) is 0 Å². The van der Waals surface area contributed by atoms with Crippen molar-refractivity contribution in [3.05, 3.63) is 65.7 Å². The Hall–Kier alpha value is -1.90. The predicted octanol–water partition coefficient (Wildman–Crippen LogP) is 4.01. The SMILES string of the molecule is CC(Cc1ccccc1)Nc1cc(F)cc(F)c1.